The van der Waals surface area contributed by atoms with Gasteiger partial charge in [-0.3, -0.25) is 4.79 Å². The highest BCUT2D eigenvalue weighted by Crippen LogP contribution is 2.35. The molecule has 0 unspecified atom stereocenters. The van der Waals surface area contributed by atoms with Gasteiger partial charge in [0, 0.05) is 72.1 Å². The second-order valence-corrected chi connectivity index (χ2v) is 12.2. The second-order valence-electron chi connectivity index (χ2n) is 12.2. The van der Waals surface area contributed by atoms with Crippen molar-refractivity contribution < 1.29 is 33.2 Å². The lowest BCUT2D eigenvalue weighted by Crippen LogP contribution is -2.50. The number of hydrogen-bond acceptors (Lipinski definition) is 9. The van der Waals surface area contributed by atoms with Crippen molar-refractivity contribution in [2.45, 2.75) is 44.5 Å². The summed E-state index contributed by atoms with van der Waals surface area (Å²) in [5.41, 5.74) is 4.58. The Morgan fingerprint density at radius 2 is 1.76 bits per heavy atom. The van der Waals surface area contributed by atoms with Gasteiger partial charge in [-0.2, -0.15) is 0 Å². The summed E-state index contributed by atoms with van der Waals surface area (Å²) < 4.78 is 34.3. The summed E-state index contributed by atoms with van der Waals surface area (Å²) in [6.45, 7) is 8.88. The van der Waals surface area contributed by atoms with Gasteiger partial charge in [-0.15, -0.1) is 0 Å². The number of ether oxygens (including phenoxy) is 6. The average molecular weight is 626 g/mol. The zero-order valence-corrected chi connectivity index (χ0v) is 27.0. The van der Waals surface area contributed by atoms with E-state index in [-0.39, 0.29) is 29.8 Å². The molecule has 2 saturated heterocycles. The van der Waals surface area contributed by atoms with E-state index >= 15 is 0 Å². The van der Waals surface area contributed by atoms with E-state index < -0.39 is 0 Å². The number of benzene rings is 2. The molecule has 1 amide bonds. The van der Waals surface area contributed by atoms with Crippen molar-refractivity contribution in [3.8, 4) is 5.75 Å². The fraction of sp³-hybridized carbons (Fsp3) is 0.629. The monoisotopic (exact) mass is 625 g/mol. The fourth-order valence-electron chi connectivity index (χ4n) is 6.56. The molecule has 3 aliphatic rings. The summed E-state index contributed by atoms with van der Waals surface area (Å²) in [7, 11) is 3.42. The minimum absolute atomic E-state index is 0.0280. The second kappa shape index (κ2) is 17.8. The standard InChI is InChI=1S/C35H51N3O7/c1-40-14-3-12-38-13-17-44-32-9-6-27(20-31(32)38)25-45-33-23-36-21-30(22-37-35(39)29-10-15-42-16-11-29)34(33)28-7-4-26(5-8-28)24-43-19-18-41-2/h4-9,20,29-30,33-34,36H,3,10-19,21-25H2,1-2H3,(H,37,39)/t30-,33-,34-/m0/s1. The van der Waals surface area contributed by atoms with E-state index in [2.05, 4.69) is 58.0 Å². The lowest BCUT2D eigenvalue weighted by atomic mass is 9.78. The van der Waals surface area contributed by atoms with Crippen molar-refractivity contribution in [1.82, 2.24) is 10.6 Å². The Labute approximate surface area is 268 Å². The number of rotatable bonds is 16. The Balaban J connectivity index is 1.28. The smallest absolute Gasteiger partial charge is 0.223 e. The zero-order chi connectivity index (χ0) is 31.3. The van der Waals surface area contributed by atoms with Crippen LogP contribution in [0.2, 0.25) is 0 Å². The van der Waals surface area contributed by atoms with Crippen LogP contribution in [0.15, 0.2) is 42.5 Å². The SMILES string of the molecule is COCCCN1CCOc2ccc(CO[C@H]3CNC[C@@H](CNC(=O)C4CCOCC4)[C@@H]3c3ccc(COCCOC)cc3)cc21. The number of carbonyl (C=O) groups is 1. The van der Waals surface area contributed by atoms with Crippen LogP contribution in [0.4, 0.5) is 5.69 Å². The van der Waals surface area contributed by atoms with E-state index in [0.29, 0.717) is 52.8 Å². The van der Waals surface area contributed by atoms with Gasteiger partial charge in [-0.05, 0) is 54.0 Å². The highest BCUT2D eigenvalue weighted by atomic mass is 16.5. The number of methoxy groups -OCH3 is 2. The molecule has 2 N–H and O–H groups in total. The summed E-state index contributed by atoms with van der Waals surface area (Å²) >= 11 is 0. The van der Waals surface area contributed by atoms with Crippen molar-refractivity contribution in [3.63, 3.8) is 0 Å². The number of anilines is 1. The van der Waals surface area contributed by atoms with Gasteiger partial charge < -0.3 is 44.0 Å². The Morgan fingerprint density at radius 3 is 2.56 bits per heavy atom. The maximum absolute atomic E-state index is 13.0. The Hall–Kier alpha value is -2.73. The molecule has 0 aliphatic carbocycles. The zero-order valence-electron chi connectivity index (χ0n) is 27.0. The molecule has 2 aromatic carbocycles. The van der Waals surface area contributed by atoms with Crippen LogP contribution in [0, 0.1) is 11.8 Å². The van der Waals surface area contributed by atoms with E-state index in [1.54, 1.807) is 14.2 Å². The molecule has 3 atom stereocenters. The van der Waals surface area contributed by atoms with Crippen LogP contribution in [0.5, 0.6) is 5.75 Å². The molecule has 3 aliphatic heterocycles. The predicted molar refractivity (Wildman–Crippen MR) is 173 cm³/mol. The van der Waals surface area contributed by atoms with Crippen molar-refractivity contribution in [3.05, 3.63) is 59.2 Å². The van der Waals surface area contributed by atoms with Crippen LogP contribution in [-0.2, 0) is 41.7 Å². The fourth-order valence-corrected chi connectivity index (χ4v) is 6.56. The minimum Gasteiger partial charge on any atom is -0.490 e. The first-order valence-corrected chi connectivity index (χ1v) is 16.5. The van der Waals surface area contributed by atoms with E-state index in [4.69, 9.17) is 28.4 Å². The van der Waals surface area contributed by atoms with Crippen LogP contribution in [0.3, 0.4) is 0 Å². The Kier molecular flexibility index (Phi) is 13.3. The van der Waals surface area contributed by atoms with Gasteiger partial charge in [0.2, 0.25) is 5.91 Å². The van der Waals surface area contributed by atoms with Crippen LogP contribution in [0.25, 0.3) is 0 Å². The molecule has 0 bridgehead atoms. The van der Waals surface area contributed by atoms with Crippen LogP contribution >= 0.6 is 0 Å². The van der Waals surface area contributed by atoms with Gasteiger partial charge in [-0.25, -0.2) is 0 Å². The summed E-state index contributed by atoms with van der Waals surface area (Å²) in [6.07, 6.45) is 2.48. The number of nitrogens with one attached hydrogen (secondary N) is 2. The number of nitrogens with zero attached hydrogens (tertiary/aromatic N) is 1. The number of hydrogen-bond donors (Lipinski definition) is 2. The molecular formula is C35H51N3O7. The number of piperidine rings is 1. The topological polar surface area (TPSA) is 99.8 Å². The molecule has 2 fully saturated rings. The van der Waals surface area contributed by atoms with Crippen molar-refractivity contribution in [1.29, 1.82) is 0 Å². The highest BCUT2D eigenvalue weighted by Gasteiger charge is 2.36. The third kappa shape index (κ3) is 9.64. The van der Waals surface area contributed by atoms with E-state index in [0.717, 1.165) is 74.6 Å². The summed E-state index contributed by atoms with van der Waals surface area (Å²) in [5, 5.41) is 6.87. The van der Waals surface area contributed by atoms with E-state index in [1.807, 2.05) is 0 Å². The minimum atomic E-state index is -0.0578. The third-order valence-corrected chi connectivity index (χ3v) is 9.08. The Morgan fingerprint density at radius 1 is 0.956 bits per heavy atom. The molecule has 45 heavy (non-hydrogen) atoms. The van der Waals surface area contributed by atoms with Crippen molar-refractivity contribution >= 4 is 11.6 Å². The van der Waals surface area contributed by atoms with Gasteiger partial charge in [0.1, 0.15) is 12.4 Å². The highest BCUT2D eigenvalue weighted by molar-refractivity contribution is 5.78. The molecule has 0 radical (unpaired) electrons. The number of carbonyl (C=O) groups excluding carboxylic acids is 1. The van der Waals surface area contributed by atoms with E-state index in [1.165, 1.54) is 5.56 Å². The first-order chi connectivity index (χ1) is 22.2. The van der Waals surface area contributed by atoms with E-state index in [9.17, 15) is 4.79 Å². The summed E-state index contributed by atoms with van der Waals surface area (Å²) in [4.78, 5) is 15.4. The van der Waals surface area contributed by atoms with Gasteiger partial charge >= 0.3 is 0 Å². The van der Waals surface area contributed by atoms with Crippen LogP contribution in [0.1, 0.15) is 41.9 Å². The number of fused-ring (bicyclic) bond motifs is 1. The molecule has 2 aromatic rings. The molecular weight excluding hydrogens is 574 g/mol. The average Bonchev–Trinajstić information content (AvgIpc) is 3.09. The molecule has 0 aromatic heterocycles. The normalized spacial score (nSPS) is 22.1. The van der Waals surface area contributed by atoms with Gasteiger partial charge in [-0.1, -0.05) is 30.3 Å². The maximum atomic E-state index is 13.0. The third-order valence-electron chi connectivity index (χ3n) is 9.08. The van der Waals surface area contributed by atoms with Crippen molar-refractivity contribution in [2.75, 3.05) is 91.5 Å². The molecule has 0 spiro atoms. The van der Waals surface area contributed by atoms with Gasteiger partial charge in [0.25, 0.3) is 0 Å². The molecule has 5 rings (SSSR count). The number of amides is 1. The molecule has 0 saturated carbocycles. The summed E-state index contributed by atoms with van der Waals surface area (Å²) in [5.74, 6) is 1.39. The van der Waals surface area contributed by atoms with Crippen molar-refractivity contribution in [2.24, 2.45) is 11.8 Å². The quantitative estimate of drug-likeness (QED) is 0.272. The maximum Gasteiger partial charge on any atom is 0.223 e. The molecule has 10 heteroatoms. The lowest BCUT2D eigenvalue weighted by molar-refractivity contribution is -0.128. The van der Waals surface area contributed by atoms with Gasteiger partial charge in [0.05, 0.1) is 44.8 Å². The predicted octanol–water partition coefficient (Wildman–Crippen LogP) is 3.52. The lowest BCUT2D eigenvalue weighted by Gasteiger charge is -2.39. The van der Waals surface area contributed by atoms with Gasteiger partial charge in [0.15, 0.2) is 0 Å². The molecule has 248 valence electrons. The molecule has 3 heterocycles. The molecule has 10 nitrogen and oxygen atoms in total. The Bertz CT molecular complexity index is 1170. The first kappa shape index (κ1) is 33.6. The first-order valence-electron chi connectivity index (χ1n) is 16.5. The van der Waals surface area contributed by atoms with Crippen LogP contribution in [-0.4, -0.2) is 98.6 Å². The van der Waals surface area contributed by atoms with Crippen LogP contribution < -0.4 is 20.3 Å². The summed E-state index contributed by atoms with van der Waals surface area (Å²) in [6, 6.07) is 15.0. The largest absolute Gasteiger partial charge is 0.490 e.